The second-order valence-corrected chi connectivity index (χ2v) is 9.16. The van der Waals surface area contributed by atoms with E-state index in [0.29, 0.717) is 18.1 Å². The van der Waals surface area contributed by atoms with E-state index in [0.717, 1.165) is 16.7 Å². The molecule has 5 rings (SSSR count). The Kier molecular flexibility index (Phi) is 5.12. The number of pyridine rings is 2. The summed E-state index contributed by atoms with van der Waals surface area (Å²) in [6.45, 7) is 0.541. The number of benzene rings is 2. The maximum atomic E-state index is 12.8. The summed E-state index contributed by atoms with van der Waals surface area (Å²) in [4.78, 5) is 8.98. The third kappa shape index (κ3) is 3.95. The summed E-state index contributed by atoms with van der Waals surface area (Å²) in [5, 5.41) is 7.58. The van der Waals surface area contributed by atoms with Crippen LogP contribution in [-0.4, -0.2) is 28.0 Å². The van der Waals surface area contributed by atoms with E-state index in [1.807, 2.05) is 42.6 Å². The molecule has 0 aliphatic heterocycles. The number of aromatic nitrogens is 4. The summed E-state index contributed by atoms with van der Waals surface area (Å²) < 4.78 is 27.2. The quantitative estimate of drug-likeness (QED) is 0.424. The predicted molar refractivity (Wildman–Crippen MR) is 122 cm³/mol. The fourth-order valence-electron chi connectivity index (χ4n) is 3.36. The molecule has 0 saturated heterocycles. The van der Waals surface area contributed by atoms with Crippen LogP contribution < -0.4 is 5.32 Å². The minimum atomic E-state index is -3.62. The molecule has 0 bridgehead atoms. The fraction of sp³-hybridized carbons (Fsp3) is 0.0417. The first-order chi connectivity index (χ1) is 15.6. The van der Waals surface area contributed by atoms with Crippen molar-refractivity contribution < 1.29 is 8.42 Å². The topological polar surface area (TPSA) is 89.2 Å². The molecule has 5 aromatic rings. The maximum Gasteiger partial charge on any atom is 0.243 e. The molecule has 0 atom stereocenters. The molecular formula is C24H19N5O2S. The van der Waals surface area contributed by atoms with Crippen molar-refractivity contribution in [3.05, 3.63) is 103 Å². The third-order valence-corrected chi connectivity index (χ3v) is 6.82. The van der Waals surface area contributed by atoms with Crippen LogP contribution in [0.2, 0.25) is 0 Å². The molecule has 0 amide bonds. The summed E-state index contributed by atoms with van der Waals surface area (Å²) in [5.41, 5.74) is 3.80. The molecule has 32 heavy (non-hydrogen) atoms. The number of nitrogens with one attached hydrogen (secondary N) is 1. The highest BCUT2D eigenvalue weighted by Crippen LogP contribution is 2.22. The van der Waals surface area contributed by atoms with Crippen molar-refractivity contribution >= 4 is 21.4 Å². The lowest BCUT2D eigenvalue weighted by molar-refractivity contribution is 0.595. The van der Waals surface area contributed by atoms with E-state index in [-0.39, 0.29) is 9.79 Å². The standard InChI is InChI=1S/C24H19N5O2S/c30-32(31,21-6-2-1-3-7-21)22-12-13-23-27-24(28-29(23)17-22)26-15-18-8-10-19(11-9-18)20-5-4-14-25-16-20/h1-14,16-17H,15H2,(H,26,28). The van der Waals surface area contributed by atoms with E-state index in [1.165, 1.54) is 10.7 Å². The Morgan fingerprint density at radius 1 is 0.812 bits per heavy atom. The van der Waals surface area contributed by atoms with Crippen molar-refractivity contribution in [3.8, 4) is 11.1 Å². The highest BCUT2D eigenvalue weighted by Gasteiger charge is 2.18. The molecule has 158 valence electrons. The van der Waals surface area contributed by atoms with Crippen molar-refractivity contribution in [1.29, 1.82) is 0 Å². The van der Waals surface area contributed by atoms with E-state index >= 15 is 0 Å². The number of hydrogen-bond donors (Lipinski definition) is 1. The lowest BCUT2D eigenvalue weighted by Crippen LogP contribution is -2.04. The van der Waals surface area contributed by atoms with Gasteiger partial charge in [0.2, 0.25) is 15.8 Å². The van der Waals surface area contributed by atoms with Crippen molar-refractivity contribution in [2.45, 2.75) is 16.3 Å². The van der Waals surface area contributed by atoms with Gasteiger partial charge in [0, 0.05) is 18.9 Å². The fourth-order valence-corrected chi connectivity index (χ4v) is 4.64. The molecule has 0 unspecified atom stereocenters. The second-order valence-electron chi connectivity index (χ2n) is 7.21. The van der Waals surface area contributed by atoms with Crippen LogP contribution >= 0.6 is 0 Å². The Balaban J connectivity index is 1.32. The summed E-state index contributed by atoms with van der Waals surface area (Å²) in [7, 11) is -3.62. The Bertz CT molecular complexity index is 1470. The predicted octanol–water partition coefficient (Wildman–Crippen LogP) is 4.24. The number of nitrogens with zero attached hydrogens (tertiary/aromatic N) is 4. The first-order valence-electron chi connectivity index (χ1n) is 9.99. The average Bonchev–Trinajstić information content (AvgIpc) is 3.26. The van der Waals surface area contributed by atoms with Crippen LogP contribution in [0.4, 0.5) is 5.95 Å². The van der Waals surface area contributed by atoms with E-state index in [1.54, 1.807) is 48.7 Å². The minimum Gasteiger partial charge on any atom is -0.349 e. The molecular weight excluding hydrogens is 422 g/mol. The molecule has 3 aromatic heterocycles. The normalized spacial score (nSPS) is 11.5. The van der Waals surface area contributed by atoms with Crippen LogP contribution in [0, 0.1) is 0 Å². The van der Waals surface area contributed by atoms with Gasteiger partial charge < -0.3 is 5.32 Å². The highest BCUT2D eigenvalue weighted by molar-refractivity contribution is 7.91. The van der Waals surface area contributed by atoms with E-state index < -0.39 is 9.84 Å². The summed E-state index contributed by atoms with van der Waals surface area (Å²) in [6, 6.07) is 23.6. The van der Waals surface area contributed by atoms with Gasteiger partial charge in [-0.05, 0) is 47.0 Å². The molecule has 0 fully saturated rings. The smallest absolute Gasteiger partial charge is 0.243 e. The van der Waals surface area contributed by atoms with E-state index in [2.05, 4.69) is 20.4 Å². The monoisotopic (exact) mass is 441 g/mol. The molecule has 1 N–H and O–H groups in total. The van der Waals surface area contributed by atoms with Crippen LogP contribution in [0.15, 0.2) is 107 Å². The first kappa shape index (κ1) is 19.9. The Labute approximate surface area is 185 Å². The molecule has 2 aromatic carbocycles. The second kappa shape index (κ2) is 8.24. The van der Waals surface area contributed by atoms with Gasteiger partial charge in [0.1, 0.15) is 0 Å². The van der Waals surface area contributed by atoms with Crippen molar-refractivity contribution in [3.63, 3.8) is 0 Å². The van der Waals surface area contributed by atoms with Gasteiger partial charge in [0.25, 0.3) is 0 Å². The Morgan fingerprint density at radius 3 is 2.38 bits per heavy atom. The van der Waals surface area contributed by atoms with Crippen LogP contribution in [0.1, 0.15) is 5.56 Å². The van der Waals surface area contributed by atoms with Crippen LogP contribution in [0.5, 0.6) is 0 Å². The number of hydrogen-bond acceptors (Lipinski definition) is 6. The van der Waals surface area contributed by atoms with Crippen molar-refractivity contribution in [2.75, 3.05) is 5.32 Å². The van der Waals surface area contributed by atoms with Gasteiger partial charge in [-0.2, -0.15) is 4.98 Å². The van der Waals surface area contributed by atoms with E-state index in [4.69, 9.17) is 0 Å². The van der Waals surface area contributed by atoms with Crippen molar-refractivity contribution in [1.82, 2.24) is 19.6 Å². The van der Waals surface area contributed by atoms with E-state index in [9.17, 15) is 8.42 Å². The lowest BCUT2D eigenvalue weighted by atomic mass is 10.1. The highest BCUT2D eigenvalue weighted by atomic mass is 32.2. The van der Waals surface area contributed by atoms with Gasteiger partial charge in [-0.3, -0.25) is 4.98 Å². The summed E-state index contributed by atoms with van der Waals surface area (Å²) in [6.07, 6.45) is 5.07. The molecule has 0 aliphatic carbocycles. The lowest BCUT2D eigenvalue weighted by Gasteiger charge is -2.05. The first-order valence-corrected chi connectivity index (χ1v) is 11.5. The molecule has 0 saturated carbocycles. The summed E-state index contributed by atoms with van der Waals surface area (Å²) >= 11 is 0. The summed E-state index contributed by atoms with van der Waals surface area (Å²) in [5.74, 6) is 0.426. The average molecular weight is 442 g/mol. The number of fused-ring (bicyclic) bond motifs is 1. The van der Waals surface area contributed by atoms with Gasteiger partial charge in [-0.25, -0.2) is 12.9 Å². The van der Waals surface area contributed by atoms with Crippen molar-refractivity contribution in [2.24, 2.45) is 0 Å². The molecule has 0 aliphatic rings. The molecule has 3 heterocycles. The zero-order chi connectivity index (χ0) is 22.0. The van der Waals surface area contributed by atoms with Gasteiger partial charge >= 0.3 is 0 Å². The van der Waals surface area contributed by atoms with Gasteiger partial charge in [0.15, 0.2) is 5.65 Å². The van der Waals surface area contributed by atoms with Gasteiger partial charge in [-0.1, -0.05) is 48.5 Å². The van der Waals surface area contributed by atoms with Crippen LogP contribution in [0.3, 0.4) is 0 Å². The minimum absolute atomic E-state index is 0.165. The largest absolute Gasteiger partial charge is 0.349 e. The molecule has 0 radical (unpaired) electrons. The van der Waals surface area contributed by atoms with Crippen LogP contribution in [-0.2, 0) is 16.4 Å². The molecule has 0 spiro atoms. The Hall–Kier alpha value is -4.04. The molecule has 8 heteroatoms. The number of sulfone groups is 1. The third-order valence-electron chi connectivity index (χ3n) is 5.07. The maximum absolute atomic E-state index is 12.8. The van der Waals surface area contributed by atoms with Gasteiger partial charge in [0.05, 0.1) is 16.0 Å². The van der Waals surface area contributed by atoms with Crippen LogP contribution in [0.25, 0.3) is 16.8 Å². The zero-order valence-corrected chi connectivity index (χ0v) is 17.8. The Morgan fingerprint density at radius 2 is 1.62 bits per heavy atom. The van der Waals surface area contributed by atoms with Gasteiger partial charge in [-0.15, -0.1) is 5.10 Å². The number of rotatable bonds is 6. The number of anilines is 1. The SMILES string of the molecule is O=S(=O)(c1ccccc1)c1ccc2nc(NCc3ccc(-c4cccnc4)cc3)nn2c1. The zero-order valence-electron chi connectivity index (χ0n) is 17.0. The molecule has 7 nitrogen and oxygen atoms in total.